The first-order chi connectivity index (χ1) is 13.1. The van der Waals surface area contributed by atoms with Gasteiger partial charge in [0.1, 0.15) is 6.04 Å². The first kappa shape index (κ1) is 18.1. The van der Waals surface area contributed by atoms with Crippen LogP contribution in [0.1, 0.15) is 53.6 Å². The molecule has 3 atom stereocenters. The lowest BCUT2D eigenvalue weighted by molar-refractivity contribution is -0.136. The molecule has 0 spiro atoms. The number of nitrogens with zero attached hydrogens (tertiary/aromatic N) is 1. The molecule has 0 aromatic heterocycles. The third-order valence-corrected chi connectivity index (χ3v) is 6.12. The Morgan fingerprint density at radius 3 is 2.81 bits per heavy atom. The number of carbonyl (C=O) groups is 3. The number of carbonyl (C=O) groups excluding carboxylic acids is 3. The van der Waals surface area contributed by atoms with Crippen LogP contribution in [-0.2, 0) is 22.7 Å². The largest absolute Gasteiger partial charge is 0.330 e. The van der Waals surface area contributed by atoms with Gasteiger partial charge in [0, 0.05) is 31.1 Å². The monoisotopic (exact) mass is 370 g/mol. The molecule has 7 nitrogen and oxygen atoms in total. The van der Waals surface area contributed by atoms with Crippen molar-refractivity contribution in [3.8, 4) is 0 Å². The molecule has 2 aliphatic heterocycles. The Hall–Kier alpha value is -2.25. The molecule has 3 amide bonds. The molecule has 1 saturated carbocycles. The zero-order valence-corrected chi connectivity index (χ0v) is 15.4. The Kier molecular flexibility index (Phi) is 4.97. The van der Waals surface area contributed by atoms with Crippen LogP contribution in [0.2, 0.25) is 0 Å². The number of nitrogens with one attached hydrogen (secondary N) is 2. The maximum absolute atomic E-state index is 12.7. The van der Waals surface area contributed by atoms with Gasteiger partial charge in [0.15, 0.2) is 0 Å². The van der Waals surface area contributed by atoms with E-state index in [9.17, 15) is 14.4 Å². The van der Waals surface area contributed by atoms with Gasteiger partial charge in [0.25, 0.3) is 5.91 Å². The number of imide groups is 1. The summed E-state index contributed by atoms with van der Waals surface area (Å²) in [5.74, 6) is -0.221. The van der Waals surface area contributed by atoms with Gasteiger partial charge in [-0.25, -0.2) is 0 Å². The van der Waals surface area contributed by atoms with E-state index in [4.69, 9.17) is 5.73 Å². The van der Waals surface area contributed by atoms with Crippen molar-refractivity contribution < 1.29 is 14.4 Å². The fraction of sp³-hybridized carbons (Fsp3) is 0.550. The molecule has 1 saturated heterocycles. The summed E-state index contributed by atoms with van der Waals surface area (Å²) in [7, 11) is 0. The second-order valence-corrected chi connectivity index (χ2v) is 7.81. The van der Waals surface area contributed by atoms with Gasteiger partial charge in [0.2, 0.25) is 11.8 Å². The molecule has 2 heterocycles. The summed E-state index contributed by atoms with van der Waals surface area (Å²) < 4.78 is 0. The summed E-state index contributed by atoms with van der Waals surface area (Å²) >= 11 is 0. The second-order valence-electron chi connectivity index (χ2n) is 7.81. The first-order valence-electron chi connectivity index (χ1n) is 9.76. The van der Waals surface area contributed by atoms with E-state index in [1.165, 1.54) is 12.8 Å². The van der Waals surface area contributed by atoms with Crippen LogP contribution in [0.3, 0.4) is 0 Å². The molecule has 7 heteroatoms. The van der Waals surface area contributed by atoms with Crippen LogP contribution in [0.4, 0.5) is 0 Å². The molecule has 1 aromatic rings. The highest BCUT2D eigenvalue weighted by molar-refractivity contribution is 6.05. The second kappa shape index (κ2) is 7.40. The van der Waals surface area contributed by atoms with E-state index in [2.05, 4.69) is 16.7 Å². The molecule has 3 aliphatic rings. The minimum absolute atomic E-state index is 0.127. The molecule has 0 bridgehead atoms. The van der Waals surface area contributed by atoms with Gasteiger partial charge in [-0.05, 0) is 48.9 Å². The number of amides is 3. The van der Waals surface area contributed by atoms with Crippen molar-refractivity contribution in [1.29, 1.82) is 0 Å². The highest BCUT2D eigenvalue weighted by Gasteiger charge is 2.39. The Labute approximate surface area is 158 Å². The smallest absolute Gasteiger partial charge is 0.255 e. The summed E-state index contributed by atoms with van der Waals surface area (Å²) in [6.45, 7) is 1.89. The number of hydrogen-bond donors (Lipinski definition) is 3. The molecular formula is C20H26N4O3. The Bertz CT molecular complexity index is 778. The number of nitrogens with two attached hydrogens (primary N) is 1. The molecule has 1 aliphatic carbocycles. The molecule has 27 heavy (non-hydrogen) atoms. The van der Waals surface area contributed by atoms with E-state index >= 15 is 0 Å². The third-order valence-electron chi connectivity index (χ3n) is 6.12. The van der Waals surface area contributed by atoms with Gasteiger partial charge < -0.3 is 16.0 Å². The quantitative estimate of drug-likeness (QED) is 0.661. The highest BCUT2D eigenvalue weighted by atomic mass is 16.2. The predicted octanol–water partition coefficient (Wildman–Crippen LogP) is 0.665. The SMILES string of the molecule is NCC1CCCC1NCc1ccc2c(c1)CN(C1CCC(=O)NC1=O)C2=O. The van der Waals surface area contributed by atoms with Gasteiger partial charge in [-0.15, -0.1) is 0 Å². The zero-order valence-electron chi connectivity index (χ0n) is 15.4. The minimum Gasteiger partial charge on any atom is -0.330 e. The predicted molar refractivity (Wildman–Crippen MR) is 99.5 cm³/mol. The average Bonchev–Trinajstić information content (AvgIpc) is 3.24. The molecule has 1 aromatic carbocycles. The minimum atomic E-state index is -0.562. The van der Waals surface area contributed by atoms with E-state index < -0.39 is 6.04 Å². The van der Waals surface area contributed by atoms with E-state index in [1.807, 2.05) is 12.1 Å². The van der Waals surface area contributed by atoms with Crippen LogP contribution in [0.15, 0.2) is 18.2 Å². The third kappa shape index (κ3) is 3.49. The Morgan fingerprint density at radius 1 is 1.19 bits per heavy atom. The molecular weight excluding hydrogens is 344 g/mol. The van der Waals surface area contributed by atoms with Gasteiger partial charge >= 0.3 is 0 Å². The topological polar surface area (TPSA) is 105 Å². The van der Waals surface area contributed by atoms with Crippen LogP contribution in [0, 0.1) is 5.92 Å². The van der Waals surface area contributed by atoms with Crippen molar-refractivity contribution in [2.24, 2.45) is 11.7 Å². The van der Waals surface area contributed by atoms with Crippen molar-refractivity contribution in [2.75, 3.05) is 6.54 Å². The maximum atomic E-state index is 12.7. The number of hydrogen-bond acceptors (Lipinski definition) is 5. The fourth-order valence-electron chi connectivity index (χ4n) is 4.57. The summed E-state index contributed by atoms with van der Waals surface area (Å²) in [5.41, 5.74) is 8.59. The summed E-state index contributed by atoms with van der Waals surface area (Å²) in [6.07, 6.45) is 4.23. The number of benzene rings is 1. The molecule has 4 rings (SSSR count). The van der Waals surface area contributed by atoms with Crippen molar-refractivity contribution >= 4 is 17.7 Å². The van der Waals surface area contributed by atoms with E-state index in [-0.39, 0.29) is 24.1 Å². The van der Waals surface area contributed by atoms with Crippen LogP contribution < -0.4 is 16.4 Å². The van der Waals surface area contributed by atoms with E-state index in [1.54, 1.807) is 4.90 Å². The number of rotatable bonds is 5. The maximum Gasteiger partial charge on any atom is 0.255 e. The molecule has 0 radical (unpaired) electrons. The average molecular weight is 370 g/mol. The van der Waals surface area contributed by atoms with Crippen LogP contribution in [0.5, 0.6) is 0 Å². The van der Waals surface area contributed by atoms with E-state index in [0.717, 1.165) is 30.6 Å². The van der Waals surface area contributed by atoms with Crippen LogP contribution >= 0.6 is 0 Å². The molecule has 3 unspecified atom stereocenters. The normalized spacial score (nSPS) is 27.8. The Morgan fingerprint density at radius 2 is 2.04 bits per heavy atom. The molecule has 4 N–H and O–H groups in total. The number of piperidine rings is 1. The highest BCUT2D eigenvalue weighted by Crippen LogP contribution is 2.29. The molecule has 144 valence electrons. The lowest BCUT2D eigenvalue weighted by Crippen LogP contribution is -2.52. The molecule has 2 fully saturated rings. The van der Waals surface area contributed by atoms with Gasteiger partial charge in [-0.2, -0.15) is 0 Å². The summed E-state index contributed by atoms with van der Waals surface area (Å²) in [5, 5.41) is 5.94. The van der Waals surface area contributed by atoms with Crippen molar-refractivity contribution in [2.45, 2.75) is 57.3 Å². The Balaban J connectivity index is 1.43. The van der Waals surface area contributed by atoms with Crippen molar-refractivity contribution in [1.82, 2.24) is 15.5 Å². The van der Waals surface area contributed by atoms with Crippen molar-refractivity contribution in [3.63, 3.8) is 0 Å². The zero-order chi connectivity index (χ0) is 19.0. The van der Waals surface area contributed by atoms with Gasteiger partial charge in [-0.3, -0.25) is 19.7 Å². The first-order valence-corrected chi connectivity index (χ1v) is 9.76. The number of fused-ring (bicyclic) bond motifs is 1. The van der Waals surface area contributed by atoms with Gasteiger partial charge in [0.05, 0.1) is 0 Å². The van der Waals surface area contributed by atoms with E-state index in [0.29, 0.717) is 30.5 Å². The fourth-order valence-corrected chi connectivity index (χ4v) is 4.57. The van der Waals surface area contributed by atoms with Gasteiger partial charge in [-0.1, -0.05) is 18.6 Å². The lowest BCUT2D eigenvalue weighted by Gasteiger charge is -2.29. The standard InChI is InChI=1S/C20H26N4O3/c21-9-13-2-1-3-16(13)22-10-12-4-5-15-14(8-12)11-24(20(15)27)17-6-7-18(25)23-19(17)26/h4-5,8,13,16-17,22H,1-3,6-7,9-11,21H2,(H,23,25,26). The van der Waals surface area contributed by atoms with Crippen LogP contribution in [0.25, 0.3) is 0 Å². The summed E-state index contributed by atoms with van der Waals surface area (Å²) in [4.78, 5) is 37.8. The summed E-state index contributed by atoms with van der Waals surface area (Å²) in [6, 6.07) is 5.79. The van der Waals surface area contributed by atoms with Crippen LogP contribution in [-0.4, -0.2) is 41.2 Å². The van der Waals surface area contributed by atoms with Crippen molar-refractivity contribution in [3.05, 3.63) is 34.9 Å². The lowest BCUT2D eigenvalue weighted by atomic mass is 10.0.